The first-order valence-corrected chi connectivity index (χ1v) is 10.0. The molecule has 0 heterocycles. The largest absolute Gasteiger partial charge is 0.411 e. The van der Waals surface area contributed by atoms with Gasteiger partial charge in [-0.25, -0.2) is 0 Å². The lowest BCUT2D eigenvalue weighted by atomic mass is 9.47. The number of oxime groups is 1. The summed E-state index contributed by atoms with van der Waals surface area (Å²) in [7, 11) is 0. The van der Waals surface area contributed by atoms with Gasteiger partial charge in [-0.2, -0.15) is 0 Å². The Morgan fingerprint density at radius 3 is 2.46 bits per heavy atom. The van der Waals surface area contributed by atoms with Gasteiger partial charge in [0.05, 0.1) is 17.9 Å². The Morgan fingerprint density at radius 1 is 1.08 bits per heavy atom. The van der Waals surface area contributed by atoms with Crippen molar-refractivity contribution in [2.24, 2.45) is 39.7 Å². The van der Waals surface area contributed by atoms with Crippen molar-refractivity contribution in [1.82, 2.24) is 0 Å². The molecule has 0 aromatic carbocycles. The second kappa shape index (κ2) is 5.90. The van der Waals surface area contributed by atoms with Crippen LogP contribution in [0, 0.1) is 34.5 Å². The molecular formula is C21H31NO4. The van der Waals surface area contributed by atoms with Crippen molar-refractivity contribution in [2.75, 3.05) is 0 Å². The molecule has 144 valence electrons. The van der Waals surface area contributed by atoms with Crippen molar-refractivity contribution in [3.05, 3.63) is 11.6 Å². The van der Waals surface area contributed by atoms with E-state index in [-0.39, 0.29) is 28.4 Å². The van der Waals surface area contributed by atoms with Gasteiger partial charge in [-0.05, 0) is 74.2 Å². The molecule has 26 heavy (non-hydrogen) atoms. The Hall–Kier alpha value is -1.20. The molecule has 0 bridgehead atoms. The quantitative estimate of drug-likeness (QED) is 0.380. The van der Waals surface area contributed by atoms with Crippen LogP contribution in [0.15, 0.2) is 16.8 Å². The van der Waals surface area contributed by atoms with Crippen LogP contribution in [0.3, 0.4) is 0 Å². The molecule has 5 heteroatoms. The van der Waals surface area contributed by atoms with Crippen LogP contribution in [0.25, 0.3) is 0 Å². The molecule has 0 aromatic heterocycles. The minimum Gasteiger partial charge on any atom is -0.411 e. The van der Waals surface area contributed by atoms with Crippen LogP contribution in [0.5, 0.6) is 0 Å². The third kappa shape index (κ3) is 2.29. The Bertz CT molecular complexity index is 685. The monoisotopic (exact) mass is 361 g/mol. The van der Waals surface area contributed by atoms with Crippen LogP contribution in [0.2, 0.25) is 0 Å². The van der Waals surface area contributed by atoms with Gasteiger partial charge in [-0.15, -0.1) is 0 Å². The number of rotatable bonds is 1. The zero-order chi connectivity index (χ0) is 18.9. The molecule has 8 atom stereocenters. The summed E-state index contributed by atoms with van der Waals surface area (Å²) < 4.78 is 0. The van der Waals surface area contributed by atoms with Crippen LogP contribution in [0.4, 0.5) is 0 Å². The third-order valence-corrected chi connectivity index (χ3v) is 8.59. The molecular weight excluding hydrogens is 330 g/mol. The summed E-state index contributed by atoms with van der Waals surface area (Å²) >= 11 is 0. The van der Waals surface area contributed by atoms with Crippen LogP contribution in [0.1, 0.15) is 59.3 Å². The molecule has 3 N–H and O–H groups in total. The molecule has 5 nitrogen and oxygen atoms in total. The molecule has 3 fully saturated rings. The number of ketones is 1. The van der Waals surface area contributed by atoms with Crippen LogP contribution in [-0.2, 0) is 4.79 Å². The number of hydrogen-bond donors (Lipinski definition) is 3. The van der Waals surface area contributed by atoms with Crippen molar-refractivity contribution in [1.29, 1.82) is 0 Å². The van der Waals surface area contributed by atoms with E-state index in [2.05, 4.69) is 19.0 Å². The van der Waals surface area contributed by atoms with Gasteiger partial charge in [-0.3, -0.25) is 4.79 Å². The number of carbonyl (C=O) groups excluding carboxylic acids is 1. The van der Waals surface area contributed by atoms with Crippen molar-refractivity contribution in [2.45, 2.75) is 71.5 Å². The van der Waals surface area contributed by atoms with E-state index in [1.807, 2.05) is 13.0 Å². The first-order chi connectivity index (χ1) is 12.2. The summed E-state index contributed by atoms with van der Waals surface area (Å²) in [5.74, 6) is 0.852. The molecule has 0 spiro atoms. The number of aliphatic hydroxyl groups is 2. The van der Waals surface area contributed by atoms with Crippen LogP contribution < -0.4 is 0 Å². The Kier molecular flexibility index (Phi) is 4.12. The molecule has 4 rings (SSSR count). The number of allylic oxidation sites excluding steroid dienone is 2. The lowest BCUT2D eigenvalue weighted by Gasteiger charge is -2.57. The summed E-state index contributed by atoms with van der Waals surface area (Å²) in [6, 6.07) is 0. The summed E-state index contributed by atoms with van der Waals surface area (Å²) in [5, 5.41) is 33.2. The first-order valence-electron chi connectivity index (χ1n) is 10.0. The predicted octanol–water partition coefficient (Wildman–Crippen LogP) is 2.93. The summed E-state index contributed by atoms with van der Waals surface area (Å²) in [5.41, 5.74) is 1.84. The van der Waals surface area contributed by atoms with Gasteiger partial charge in [0, 0.05) is 11.8 Å². The minimum atomic E-state index is -0.792. The average Bonchev–Trinajstić information content (AvgIpc) is 2.94. The number of fused-ring (bicyclic) bond motifs is 5. The van der Waals surface area contributed by atoms with Gasteiger partial charge >= 0.3 is 0 Å². The summed E-state index contributed by atoms with van der Waals surface area (Å²) in [4.78, 5) is 13.0. The second-order valence-electron chi connectivity index (χ2n) is 9.70. The maximum atomic E-state index is 13.0. The molecule has 4 aliphatic carbocycles. The van der Waals surface area contributed by atoms with Crippen molar-refractivity contribution in [3.8, 4) is 0 Å². The van der Waals surface area contributed by atoms with Crippen LogP contribution >= 0.6 is 0 Å². The predicted molar refractivity (Wildman–Crippen MR) is 97.9 cm³/mol. The normalized spacial score (nSPS) is 51.3. The smallest absolute Gasteiger partial charge is 0.159 e. The molecule has 0 saturated heterocycles. The fraction of sp³-hybridized carbons (Fsp3) is 0.810. The lowest BCUT2D eigenvalue weighted by Crippen LogP contribution is -2.55. The molecule has 0 aliphatic heterocycles. The highest BCUT2D eigenvalue weighted by molar-refractivity contribution is 5.94. The SMILES string of the molecule is CC(=NO)[C@H]1CCC2C3=CC(=O)[C@@H]4C[C@@H](O)[C@@H](O)C[C@]4(C)C3CC[C@@]21C. The van der Waals surface area contributed by atoms with Crippen molar-refractivity contribution >= 4 is 11.5 Å². The average molecular weight is 361 g/mol. The van der Waals surface area contributed by atoms with Crippen molar-refractivity contribution in [3.63, 3.8) is 0 Å². The molecule has 4 aliphatic rings. The van der Waals surface area contributed by atoms with E-state index in [4.69, 9.17) is 0 Å². The number of hydrogen-bond acceptors (Lipinski definition) is 5. The molecule has 0 radical (unpaired) electrons. The van der Waals surface area contributed by atoms with Crippen molar-refractivity contribution < 1.29 is 20.2 Å². The highest BCUT2D eigenvalue weighted by Gasteiger charge is 2.60. The Morgan fingerprint density at radius 2 is 1.77 bits per heavy atom. The van der Waals surface area contributed by atoms with Gasteiger partial charge in [0.2, 0.25) is 0 Å². The number of carbonyl (C=O) groups is 1. The van der Waals surface area contributed by atoms with E-state index in [1.54, 1.807) is 0 Å². The molecule has 0 amide bonds. The number of nitrogens with zero attached hydrogens (tertiary/aromatic N) is 1. The molecule has 0 aromatic rings. The highest BCUT2D eigenvalue weighted by Crippen LogP contribution is 2.65. The standard InChI is InChI=1S/C21H31NO4/c1-11(22-26)13-4-5-14-12-8-17(23)16-9-18(24)19(25)10-21(16,3)15(12)6-7-20(13,14)2/h8,13-16,18-19,24-26H,4-7,9-10H2,1-3H3/t13-,14?,15?,16+,18-,19+,20-,21-/m1/s1. The fourth-order valence-electron chi connectivity index (χ4n) is 7.15. The second-order valence-corrected chi connectivity index (χ2v) is 9.70. The minimum absolute atomic E-state index is 0.0366. The lowest BCUT2D eigenvalue weighted by molar-refractivity contribution is -0.142. The van der Waals surface area contributed by atoms with E-state index in [1.165, 1.54) is 5.57 Å². The van der Waals surface area contributed by atoms with Gasteiger partial charge < -0.3 is 15.4 Å². The maximum Gasteiger partial charge on any atom is 0.159 e. The topological polar surface area (TPSA) is 90.1 Å². The molecule has 2 unspecified atom stereocenters. The van der Waals surface area contributed by atoms with Crippen LogP contribution in [-0.4, -0.2) is 39.1 Å². The van der Waals surface area contributed by atoms with Gasteiger partial charge in [-0.1, -0.05) is 24.6 Å². The Balaban J connectivity index is 1.73. The van der Waals surface area contributed by atoms with Gasteiger partial charge in [0.1, 0.15) is 0 Å². The number of aliphatic hydroxyl groups excluding tert-OH is 2. The van der Waals surface area contributed by atoms with E-state index < -0.39 is 12.2 Å². The van der Waals surface area contributed by atoms with Gasteiger partial charge in [0.25, 0.3) is 0 Å². The van der Waals surface area contributed by atoms with Gasteiger partial charge in [0.15, 0.2) is 5.78 Å². The van der Waals surface area contributed by atoms with E-state index in [0.29, 0.717) is 24.7 Å². The van der Waals surface area contributed by atoms with E-state index in [0.717, 1.165) is 31.4 Å². The summed E-state index contributed by atoms with van der Waals surface area (Å²) in [6.45, 7) is 6.35. The van der Waals surface area contributed by atoms with E-state index >= 15 is 0 Å². The zero-order valence-corrected chi connectivity index (χ0v) is 16.0. The summed E-state index contributed by atoms with van der Waals surface area (Å²) in [6.07, 6.45) is 5.29. The fourth-order valence-corrected chi connectivity index (χ4v) is 7.15. The third-order valence-electron chi connectivity index (χ3n) is 8.59. The zero-order valence-electron chi connectivity index (χ0n) is 16.0. The molecule has 3 saturated carbocycles. The Labute approximate surface area is 155 Å². The maximum absolute atomic E-state index is 13.0. The van der Waals surface area contributed by atoms with E-state index in [9.17, 15) is 20.2 Å². The highest BCUT2D eigenvalue weighted by atomic mass is 16.4. The first kappa shape index (κ1) is 18.2.